The van der Waals surface area contributed by atoms with Gasteiger partial charge in [0.15, 0.2) is 5.76 Å². The van der Waals surface area contributed by atoms with Crippen LogP contribution >= 0.6 is 0 Å². The van der Waals surface area contributed by atoms with Gasteiger partial charge in [-0.3, -0.25) is 9.59 Å². The van der Waals surface area contributed by atoms with Gasteiger partial charge in [-0.25, -0.2) is 0 Å². The van der Waals surface area contributed by atoms with E-state index in [1.165, 1.54) is 24.5 Å². The molecule has 1 aliphatic heterocycles. The van der Waals surface area contributed by atoms with E-state index in [1.807, 2.05) is 4.90 Å². The molecule has 1 saturated heterocycles. The molecule has 2 amide bonds. The average Bonchev–Trinajstić information content (AvgIpc) is 3.28. The highest BCUT2D eigenvalue weighted by Crippen LogP contribution is 2.23. The molecule has 1 fully saturated rings. The van der Waals surface area contributed by atoms with E-state index >= 15 is 0 Å². The number of pyridine rings is 1. The van der Waals surface area contributed by atoms with Crippen LogP contribution in [0.2, 0.25) is 0 Å². The van der Waals surface area contributed by atoms with Crippen molar-refractivity contribution < 1.29 is 22.8 Å². The van der Waals surface area contributed by atoms with E-state index in [1.54, 1.807) is 12.1 Å². The van der Waals surface area contributed by atoms with Crippen molar-refractivity contribution >= 4 is 17.9 Å². The molecule has 30 heavy (non-hydrogen) atoms. The Bertz CT molecular complexity index is 876. The van der Waals surface area contributed by atoms with E-state index in [0.29, 0.717) is 18.2 Å². The highest BCUT2D eigenvalue weighted by Gasteiger charge is 2.24. The number of halogens is 2. The normalized spacial score (nSPS) is 14.9. The zero-order valence-electron chi connectivity index (χ0n) is 16.7. The van der Waals surface area contributed by atoms with Crippen molar-refractivity contribution in [2.45, 2.75) is 32.1 Å². The van der Waals surface area contributed by atoms with Crippen LogP contribution in [0, 0.1) is 17.8 Å². The van der Waals surface area contributed by atoms with Gasteiger partial charge in [-0.2, -0.15) is 13.8 Å². The number of amides is 2. The molecule has 0 spiro atoms. The summed E-state index contributed by atoms with van der Waals surface area (Å²) in [4.78, 5) is 29.0. The molecule has 2 aromatic rings. The van der Waals surface area contributed by atoms with Gasteiger partial charge in [0.05, 0.1) is 6.26 Å². The van der Waals surface area contributed by atoms with Crippen molar-refractivity contribution in [1.82, 2.24) is 15.2 Å². The molecule has 1 N–H and O–H groups in total. The lowest BCUT2D eigenvalue weighted by molar-refractivity contribution is -0.116. The van der Waals surface area contributed by atoms with Gasteiger partial charge >= 0.3 is 0 Å². The Kier molecular flexibility index (Phi) is 7.70. The summed E-state index contributed by atoms with van der Waals surface area (Å²) in [5.74, 6) is -1.26. The zero-order valence-corrected chi connectivity index (χ0v) is 16.7. The number of nitrogens with zero attached hydrogens (tertiary/aromatic N) is 2. The largest absolute Gasteiger partial charge is 0.459 e. The summed E-state index contributed by atoms with van der Waals surface area (Å²) in [5, 5.41) is 2.75. The second kappa shape index (κ2) is 10.7. The highest BCUT2D eigenvalue weighted by atomic mass is 19.1. The van der Waals surface area contributed by atoms with Crippen LogP contribution < -0.4 is 5.32 Å². The maximum atomic E-state index is 13.4. The second-order valence-electron chi connectivity index (χ2n) is 7.35. The van der Waals surface area contributed by atoms with Crippen LogP contribution in [0.4, 0.5) is 8.78 Å². The number of nitrogens with one attached hydrogen (secondary N) is 1. The van der Waals surface area contributed by atoms with Crippen molar-refractivity contribution in [2.75, 3.05) is 19.6 Å². The Hall–Kier alpha value is -3.03. The topological polar surface area (TPSA) is 75.4 Å². The first-order chi connectivity index (χ1) is 14.5. The third-order valence-electron chi connectivity index (χ3n) is 5.23. The standard InChI is InChI=1S/C22H25F2N3O3/c23-19-8-6-17(21(24)26-19)7-9-20(28)25-12-2-1-4-16-10-13-27(14-11-16)22(29)18-5-3-15-30-18/h3,5-9,15-16H,1-2,4,10-14H2,(H,25,28)/b9-7+. The molecule has 3 heterocycles. The number of furan rings is 1. The number of piperidine rings is 1. The molecular formula is C22H25F2N3O3. The molecule has 160 valence electrons. The smallest absolute Gasteiger partial charge is 0.289 e. The molecule has 0 unspecified atom stereocenters. The Labute approximate surface area is 174 Å². The SMILES string of the molecule is O=C(/C=C/c1ccc(F)nc1F)NCCCCC1CCN(C(=O)c2ccco2)CC1. The molecule has 1 aliphatic rings. The lowest BCUT2D eigenvalue weighted by atomic mass is 9.91. The lowest BCUT2D eigenvalue weighted by Gasteiger charge is -2.31. The van der Waals surface area contributed by atoms with Crippen LogP contribution in [-0.2, 0) is 4.79 Å². The summed E-state index contributed by atoms with van der Waals surface area (Å²) >= 11 is 0. The molecule has 0 saturated carbocycles. The lowest BCUT2D eigenvalue weighted by Crippen LogP contribution is -2.38. The Balaban J connectivity index is 1.28. The summed E-state index contributed by atoms with van der Waals surface area (Å²) in [6.45, 7) is 2.00. The molecule has 2 aromatic heterocycles. The van der Waals surface area contributed by atoms with Gasteiger partial charge in [0.1, 0.15) is 0 Å². The zero-order chi connectivity index (χ0) is 21.3. The highest BCUT2D eigenvalue weighted by molar-refractivity contribution is 5.92. The Morgan fingerprint density at radius 1 is 1.20 bits per heavy atom. The van der Waals surface area contributed by atoms with Gasteiger partial charge in [0.25, 0.3) is 5.91 Å². The maximum absolute atomic E-state index is 13.4. The fraction of sp³-hybridized carbons (Fsp3) is 0.409. The fourth-order valence-electron chi connectivity index (χ4n) is 3.52. The first-order valence-electron chi connectivity index (χ1n) is 10.1. The minimum absolute atomic E-state index is 0.0504. The first-order valence-corrected chi connectivity index (χ1v) is 10.1. The molecular weight excluding hydrogens is 392 g/mol. The number of unbranched alkanes of at least 4 members (excludes halogenated alkanes) is 1. The number of hydrogen-bond donors (Lipinski definition) is 1. The molecule has 0 bridgehead atoms. The Morgan fingerprint density at radius 3 is 2.70 bits per heavy atom. The molecule has 8 heteroatoms. The van der Waals surface area contributed by atoms with Crippen LogP contribution in [0.1, 0.15) is 48.2 Å². The van der Waals surface area contributed by atoms with Crippen LogP contribution in [0.25, 0.3) is 6.08 Å². The summed E-state index contributed by atoms with van der Waals surface area (Å²) < 4.78 is 31.3. The van der Waals surface area contributed by atoms with Crippen molar-refractivity contribution in [3.63, 3.8) is 0 Å². The van der Waals surface area contributed by atoms with E-state index in [0.717, 1.165) is 51.3 Å². The predicted octanol–water partition coefficient (Wildman–Crippen LogP) is 3.80. The quantitative estimate of drug-likeness (QED) is 0.403. The van der Waals surface area contributed by atoms with E-state index in [-0.39, 0.29) is 17.4 Å². The second-order valence-corrected chi connectivity index (χ2v) is 7.35. The monoisotopic (exact) mass is 417 g/mol. The molecule has 0 aromatic carbocycles. The van der Waals surface area contributed by atoms with Gasteiger partial charge in [-0.1, -0.05) is 12.8 Å². The van der Waals surface area contributed by atoms with E-state index in [4.69, 9.17) is 4.42 Å². The summed E-state index contributed by atoms with van der Waals surface area (Å²) in [6, 6.07) is 5.67. The molecule has 0 aliphatic carbocycles. The molecule has 0 radical (unpaired) electrons. The fourth-order valence-corrected chi connectivity index (χ4v) is 3.52. The van der Waals surface area contributed by atoms with Crippen molar-refractivity contribution in [2.24, 2.45) is 5.92 Å². The maximum Gasteiger partial charge on any atom is 0.289 e. The predicted molar refractivity (Wildman–Crippen MR) is 107 cm³/mol. The Morgan fingerprint density at radius 2 is 2.00 bits per heavy atom. The molecule has 6 nitrogen and oxygen atoms in total. The van der Waals surface area contributed by atoms with Crippen LogP contribution in [0.5, 0.6) is 0 Å². The van der Waals surface area contributed by atoms with Gasteiger partial charge in [-0.15, -0.1) is 0 Å². The van der Waals surface area contributed by atoms with Crippen LogP contribution in [0.3, 0.4) is 0 Å². The number of rotatable bonds is 8. The van der Waals surface area contributed by atoms with Crippen LogP contribution in [-0.4, -0.2) is 41.3 Å². The van der Waals surface area contributed by atoms with Crippen LogP contribution in [0.15, 0.2) is 41.0 Å². The summed E-state index contributed by atoms with van der Waals surface area (Å²) in [6.07, 6.45) is 8.82. The van der Waals surface area contributed by atoms with E-state index < -0.39 is 11.9 Å². The van der Waals surface area contributed by atoms with Gasteiger partial charge in [0.2, 0.25) is 17.8 Å². The summed E-state index contributed by atoms with van der Waals surface area (Å²) in [5.41, 5.74) is 0.0587. The molecule has 0 atom stereocenters. The minimum Gasteiger partial charge on any atom is -0.459 e. The minimum atomic E-state index is -0.948. The van der Waals surface area contributed by atoms with E-state index in [2.05, 4.69) is 10.3 Å². The molecule has 3 rings (SSSR count). The van der Waals surface area contributed by atoms with E-state index in [9.17, 15) is 18.4 Å². The van der Waals surface area contributed by atoms with Crippen molar-refractivity contribution in [3.8, 4) is 0 Å². The van der Waals surface area contributed by atoms with Gasteiger partial charge in [0, 0.05) is 31.3 Å². The number of hydrogen-bond acceptors (Lipinski definition) is 4. The number of carbonyl (C=O) groups is 2. The number of aromatic nitrogens is 1. The summed E-state index contributed by atoms with van der Waals surface area (Å²) in [7, 11) is 0. The van der Waals surface area contributed by atoms with Gasteiger partial charge < -0.3 is 14.6 Å². The third-order valence-corrected chi connectivity index (χ3v) is 5.23. The van der Waals surface area contributed by atoms with Gasteiger partial charge in [-0.05, 0) is 55.5 Å². The number of carbonyl (C=O) groups excluding carboxylic acids is 2. The third kappa shape index (κ3) is 6.23. The average molecular weight is 417 g/mol. The number of likely N-dealkylation sites (tertiary alicyclic amines) is 1. The van der Waals surface area contributed by atoms with Crippen molar-refractivity contribution in [1.29, 1.82) is 0 Å². The van der Waals surface area contributed by atoms with Crippen molar-refractivity contribution in [3.05, 3.63) is 59.8 Å². The first kappa shape index (κ1) is 21.7.